The van der Waals surface area contributed by atoms with E-state index in [1.807, 2.05) is 0 Å². The second-order valence-corrected chi connectivity index (χ2v) is 4.00. The highest BCUT2D eigenvalue weighted by atomic mass is 19.1. The molecule has 0 spiro atoms. The van der Waals surface area contributed by atoms with Gasteiger partial charge in [-0.05, 0) is 17.7 Å². The topological polar surface area (TPSA) is 49.8 Å². The number of aliphatic hydroxyl groups is 1. The van der Waals surface area contributed by atoms with Gasteiger partial charge in [0.05, 0.1) is 19.3 Å². The van der Waals surface area contributed by atoms with Crippen LogP contribution in [-0.2, 0) is 16.1 Å². The number of carbonyl (C=O) groups excluding carboxylic acids is 1. The van der Waals surface area contributed by atoms with Gasteiger partial charge in [0.15, 0.2) is 0 Å². The SMILES string of the molecule is O=C1COCC(CO)N1Cc1cccc(F)c1. The zero-order valence-electron chi connectivity index (χ0n) is 9.30. The van der Waals surface area contributed by atoms with E-state index in [-0.39, 0.29) is 31.0 Å². The second-order valence-electron chi connectivity index (χ2n) is 4.00. The van der Waals surface area contributed by atoms with E-state index in [0.717, 1.165) is 0 Å². The Morgan fingerprint density at radius 3 is 3.06 bits per heavy atom. The normalized spacial score (nSPS) is 20.7. The standard InChI is InChI=1S/C12H14FNO3/c13-10-3-1-2-9(4-10)5-14-11(6-15)7-17-8-12(14)16/h1-4,11,15H,5-8H2. The van der Waals surface area contributed by atoms with Crippen molar-refractivity contribution in [2.24, 2.45) is 0 Å². The van der Waals surface area contributed by atoms with Crippen molar-refractivity contribution in [2.45, 2.75) is 12.6 Å². The highest BCUT2D eigenvalue weighted by molar-refractivity contribution is 5.78. The maximum absolute atomic E-state index is 13.0. The summed E-state index contributed by atoms with van der Waals surface area (Å²) in [6.07, 6.45) is 0. The lowest BCUT2D eigenvalue weighted by Gasteiger charge is -2.34. The van der Waals surface area contributed by atoms with Crippen LogP contribution in [0, 0.1) is 5.82 Å². The van der Waals surface area contributed by atoms with Gasteiger partial charge in [-0.2, -0.15) is 0 Å². The van der Waals surface area contributed by atoms with Crippen molar-refractivity contribution in [1.82, 2.24) is 4.90 Å². The van der Waals surface area contributed by atoms with Crippen molar-refractivity contribution in [3.8, 4) is 0 Å². The van der Waals surface area contributed by atoms with Gasteiger partial charge in [0.25, 0.3) is 0 Å². The fraction of sp³-hybridized carbons (Fsp3) is 0.417. The molecule has 1 N–H and O–H groups in total. The summed E-state index contributed by atoms with van der Waals surface area (Å²) >= 11 is 0. The molecule has 0 aromatic heterocycles. The van der Waals surface area contributed by atoms with Crippen LogP contribution in [0.4, 0.5) is 4.39 Å². The van der Waals surface area contributed by atoms with Crippen molar-refractivity contribution in [3.05, 3.63) is 35.6 Å². The summed E-state index contributed by atoms with van der Waals surface area (Å²) < 4.78 is 18.1. The van der Waals surface area contributed by atoms with E-state index in [1.165, 1.54) is 17.0 Å². The lowest BCUT2D eigenvalue weighted by molar-refractivity contribution is -0.151. The monoisotopic (exact) mass is 239 g/mol. The van der Waals surface area contributed by atoms with Gasteiger partial charge in [-0.1, -0.05) is 12.1 Å². The Labute approximate surface area is 98.6 Å². The summed E-state index contributed by atoms with van der Waals surface area (Å²) in [5.41, 5.74) is 0.707. The third-order valence-electron chi connectivity index (χ3n) is 2.75. The molecule has 1 heterocycles. The average molecular weight is 239 g/mol. The first kappa shape index (κ1) is 12.0. The molecule has 17 heavy (non-hydrogen) atoms. The van der Waals surface area contributed by atoms with Crippen LogP contribution in [0.3, 0.4) is 0 Å². The smallest absolute Gasteiger partial charge is 0.249 e. The van der Waals surface area contributed by atoms with Crippen LogP contribution in [0.25, 0.3) is 0 Å². The van der Waals surface area contributed by atoms with E-state index in [1.54, 1.807) is 12.1 Å². The lowest BCUT2D eigenvalue weighted by atomic mass is 10.1. The number of aliphatic hydroxyl groups excluding tert-OH is 1. The molecule has 2 rings (SSSR count). The third-order valence-corrected chi connectivity index (χ3v) is 2.75. The molecule has 0 aliphatic carbocycles. The van der Waals surface area contributed by atoms with Crippen LogP contribution >= 0.6 is 0 Å². The van der Waals surface area contributed by atoms with Crippen LogP contribution in [-0.4, -0.2) is 41.8 Å². The Bertz CT molecular complexity index is 410. The molecule has 4 nitrogen and oxygen atoms in total. The maximum Gasteiger partial charge on any atom is 0.249 e. The molecule has 0 saturated carbocycles. The molecular formula is C12H14FNO3. The van der Waals surface area contributed by atoms with Gasteiger partial charge < -0.3 is 14.7 Å². The Hall–Kier alpha value is -1.46. The van der Waals surface area contributed by atoms with E-state index in [4.69, 9.17) is 9.84 Å². The van der Waals surface area contributed by atoms with E-state index >= 15 is 0 Å². The summed E-state index contributed by atoms with van der Waals surface area (Å²) in [6.45, 7) is 0.482. The van der Waals surface area contributed by atoms with Crippen LogP contribution in [0.15, 0.2) is 24.3 Å². The molecule has 0 bridgehead atoms. The van der Waals surface area contributed by atoms with Crippen molar-refractivity contribution < 1.29 is 19.0 Å². The molecule has 1 aliphatic rings. The highest BCUT2D eigenvalue weighted by Crippen LogP contribution is 2.14. The van der Waals surface area contributed by atoms with Crippen LogP contribution < -0.4 is 0 Å². The van der Waals surface area contributed by atoms with E-state index in [0.29, 0.717) is 18.7 Å². The summed E-state index contributed by atoms with van der Waals surface area (Å²) in [7, 11) is 0. The van der Waals surface area contributed by atoms with Gasteiger partial charge in [-0.25, -0.2) is 4.39 Å². The minimum Gasteiger partial charge on any atom is -0.394 e. The Morgan fingerprint density at radius 1 is 1.53 bits per heavy atom. The van der Waals surface area contributed by atoms with Crippen molar-refractivity contribution in [3.63, 3.8) is 0 Å². The third kappa shape index (κ3) is 2.81. The average Bonchev–Trinajstić information content (AvgIpc) is 2.32. The Morgan fingerprint density at radius 2 is 2.35 bits per heavy atom. The second kappa shape index (κ2) is 5.25. The fourth-order valence-corrected chi connectivity index (χ4v) is 1.86. The summed E-state index contributed by atoms with van der Waals surface area (Å²) in [6, 6.07) is 5.74. The first-order valence-corrected chi connectivity index (χ1v) is 5.43. The summed E-state index contributed by atoms with van der Waals surface area (Å²) in [5, 5.41) is 9.16. The lowest BCUT2D eigenvalue weighted by Crippen LogP contribution is -2.50. The van der Waals surface area contributed by atoms with Crippen LogP contribution in [0.5, 0.6) is 0 Å². The molecule has 1 atom stereocenters. The van der Waals surface area contributed by atoms with Gasteiger partial charge in [0, 0.05) is 6.54 Å². The molecule has 1 aromatic carbocycles. The highest BCUT2D eigenvalue weighted by Gasteiger charge is 2.28. The molecule has 1 saturated heterocycles. The molecule has 1 aromatic rings. The zero-order chi connectivity index (χ0) is 12.3. The first-order chi connectivity index (χ1) is 8.20. The minimum absolute atomic E-state index is 0.0197. The van der Waals surface area contributed by atoms with Gasteiger partial charge in [0.1, 0.15) is 12.4 Å². The molecule has 1 aliphatic heterocycles. The fourth-order valence-electron chi connectivity index (χ4n) is 1.86. The molecular weight excluding hydrogens is 225 g/mol. The molecule has 5 heteroatoms. The number of morpholine rings is 1. The number of carbonyl (C=O) groups is 1. The van der Waals surface area contributed by atoms with E-state index < -0.39 is 0 Å². The number of hydrogen-bond acceptors (Lipinski definition) is 3. The van der Waals surface area contributed by atoms with Crippen LogP contribution in [0.1, 0.15) is 5.56 Å². The summed E-state index contributed by atoms with van der Waals surface area (Å²) in [4.78, 5) is 13.2. The number of halogens is 1. The van der Waals surface area contributed by atoms with Gasteiger partial charge >= 0.3 is 0 Å². The number of hydrogen-bond donors (Lipinski definition) is 1. The number of nitrogens with zero attached hydrogens (tertiary/aromatic N) is 1. The summed E-state index contributed by atoms with van der Waals surface area (Å²) in [5.74, 6) is -0.511. The van der Waals surface area contributed by atoms with Gasteiger partial charge in [0.2, 0.25) is 5.91 Å². The number of amides is 1. The molecule has 1 fully saturated rings. The van der Waals surface area contributed by atoms with Crippen LogP contribution in [0.2, 0.25) is 0 Å². The molecule has 1 amide bonds. The maximum atomic E-state index is 13.0. The van der Waals surface area contributed by atoms with Crippen molar-refractivity contribution in [1.29, 1.82) is 0 Å². The van der Waals surface area contributed by atoms with Gasteiger partial charge in [-0.3, -0.25) is 4.79 Å². The van der Waals surface area contributed by atoms with Gasteiger partial charge in [-0.15, -0.1) is 0 Å². The largest absolute Gasteiger partial charge is 0.394 e. The van der Waals surface area contributed by atoms with E-state index in [9.17, 15) is 9.18 Å². The molecule has 92 valence electrons. The van der Waals surface area contributed by atoms with Crippen molar-refractivity contribution in [2.75, 3.05) is 19.8 Å². The predicted molar refractivity (Wildman–Crippen MR) is 58.6 cm³/mol. The first-order valence-electron chi connectivity index (χ1n) is 5.43. The van der Waals surface area contributed by atoms with E-state index in [2.05, 4.69) is 0 Å². The number of benzene rings is 1. The molecule has 1 unspecified atom stereocenters. The molecule has 0 radical (unpaired) electrons. The number of ether oxygens (including phenoxy) is 1. The number of rotatable bonds is 3. The Kier molecular flexibility index (Phi) is 3.71. The minimum atomic E-state index is -0.348. The predicted octanol–water partition coefficient (Wildman–Crippen LogP) is 0.545. The quantitative estimate of drug-likeness (QED) is 0.837. The zero-order valence-corrected chi connectivity index (χ0v) is 9.30. The van der Waals surface area contributed by atoms with Crippen molar-refractivity contribution >= 4 is 5.91 Å². The Balaban J connectivity index is 2.12.